The Hall–Kier alpha value is -3.32. The molecule has 3 aromatic rings. The molecule has 0 saturated heterocycles. The molecule has 7 heteroatoms. The standard InChI is InChI=1S/C27H32N2O4S/c1-19-6-11-25(12-7-19)34(31,32)29(24-10-9-21(3)22(4)17-24)18-27(30)28-14-15-33-26-13-8-20(2)16-23(26)5/h6-13,16-17H,14-15,18H2,1-5H3,(H,28,30). The van der Waals surface area contributed by atoms with Crippen LogP contribution in [0.15, 0.2) is 65.6 Å². The van der Waals surface area contributed by atoms with Crippen LogP contribution in [-0.2, 0) is 14.8 Å². The Morgan fingerprint density at radius 2 is 1.50 bits per heavy atom. The topological polar surface area (TPSA) is 75.7 Å². The summed E-state index contributed by atoms with van der Waals surface area (Å²) in [5, 5.41) is 2.77. The number of aryl methyl sites for hydroxylation is 5. The predicted octanol–water partition coefficient (Wildman–Crippen LogP) is 4.62. The van der Waals surface area contributed by atoms with Crippen molar-refractivity contribution < 1.29 is 17.9 Å². The summed E-state index contributed by atoms with van der Waals surface area (Å²) >= 11 is 0. The van der Waals surface area contributed by atoms with E-state index in [4.69, 9.17) is 4.74 Å². The van der Waals surface area contributed by atoms with Crippen LogP contribution in [0.5, 0.6) is 5.75 Å². The number of benzene rings is 3. The summed E-state index contributed by atoms with van der Waals surface area (Å²) in [6.07, 6.45) is 0. The van der Waals surface area contributed by atoms with E-state index in [2.05, 4.69) is 5.32 Å². The number of rotatable bonds is 9. The first-order valence-corrected chi connectivity index (χ1v) is 12.7. The minimum atomic E-state index is -3.94. The highest BCUT2D eigenvalue weighted by Crippen LogP contribution is 2.26. The second kappa shape index (κ2) is 10.7. The molecule has 0 aliphatic heterocycles. The van der Waals surface area contributed by atoms with E-state index in [1.54, 1.807) is 36.4 Å². The Balaban J connectivity index is 1.73. The van der Waals surface area contributed by atoms with E-state index in [1.165, 1.54) is 0 Å². The lowest BCUT2D eigenvalue weighted by atomic mass is 10.1. The van der Waals surface area contributed by atoms with Crippen LogP contribution < -0.4 is 14.4 Å². The summed E-state index contributed by atoms with van der Waals surface area (Å²) in [5.74, 6) is 0.358. The minimum absolute atomic E-state index is 0.141. The summed E-state index contributed by atoms with van der Waals surface area (Å²) < 4.78 is 33.9. The number of hydrogen-bond acceptors (Lipinski definition) is 4. The normalized spacial score (nSPS) is 11.2. The summed E-state index contributed by atoms with van der Waals surface area (Å²) in [4.78, 5) is 12.9. The highest BCUT2D eigenvalue weighted by atomic mass is 32.2. The van der Waals surface area contributed by atoms with E-state index in [0.717, 1.165) is 37.9 Å². The van der Waals surface area contributed by atoms with Crippen molar-refractivity contribution in [2.24, 2.45) is 0 Å². The van der Waals surface area contributed by atoms with Gasteiger partial charge >= 0.3 is 0 Å². The van der Waals surface area contributed by atoms with Crippen molar-refractivity contribution in [3.63, 3.8) is 0 Å². The van der Waals surface area contributed by atoms with Gasteiger partial charge in [-0.1, -0.05) is 41.5 Å². The van der Waals surface area contributed by atoms with Crippen molar-refractivity contribution in [3.05, 3.63) is 88.5 Å². The number of carbonyl (C=O) groups excluding carboxylic acids is 1. The van der Waals surface area contributed by atoms with E-state index < -0.39 is 15.9 Å². The third kappa shape index (κ3) is 6.17. The van der Waals surface area contributed by atoms with Crippen molar-refractivity contribution in [3.8, 4) is 5.75 Å². The number of ether oxygens (including phenoxy) is 1. The lowest BCUT2D eigenvalue weighted by molar-refractivity contribution is -0.119. The van der Waals surface area contributed by atoms with Crippen molar-refractivity contribution >= 4 is 21.6 Å². The molecule has 0 spiro atoms. The van der Waals surface area contributed by atoms with Gasteiger partial charge in [-0.25, -0.2) is 8.42 Å². The molecule has 0 atom stereocenters. The van der Waals surface area contributed by atoms with Crippen LogP contribution in [0.3, 0.4) is 0 Å². The molecule has 0 unspecified atom stereocenters. The van der Waals surface area contributed by atoms with E-state index >= 15 is 0 Å². The van der Waals surface area contributed by atoms with E-state index in [0.29, 0.717) is 5.69 Å². The maximum absolute atomic E-state index is 13.5. The first-order chi connectivity index (χ1) is 16.1. The molecule has 0 aliphatic rings. The third-order valence-corrected chi connectivity index (χ3v) is 7.47. The number of carbonyl (C=O) groups is 1. The summed E-state index contributed by atoms with van der Waals surface area (Å²) in [6.45, 7) is 9.97. The lowest BCUT2D eigenvalue weighted by Crippen LogP contribution is -2.42. The largest absolute Gasteiger partial charge is 0.491 e. The number of hydrogen-bond donors (Lipinski definition) is 1. The van der Waals surface area contributed by atoms with Crippen molar-refractivity contribution in [2.75, 3.05) is 24.0 Å². The predicted molar refractivity (Wildman–Crippen MR) is 136 cm³/mol. The van der Waals surface area contributed by atoms with Crippen LogP contribution in [-0.4, -0.2) is 34.0 Å². The Bertz CT molecular complexity index is 1270. The zero-order valence-corrected chi connectivity index (χ0v) is 21.2. The summed E-state index contributed by atoms with van der Waals surface area (Å²) in [6, 6.07) is 17.9. The first-order valence-electron chi connectivity index (χ1n) is 11.2. The fraction of sp³-hybridized carbons (Fsp3) is 0.296. The van der Waals surface area contributed by atoms with Gasteiger partial charge in [-0.15, -0.1) is 0 Å². The Kier molecular flexibility index (Phi) is 7.99. The number of nitrogens with zero attached hydrogens (tertiary/aromatic N) is 1. The van der Waals surface area contributed by atoms with Crippen LogP contribution >= 0.6 is 0 Å². The van der Waals surface area contributed by atoms with Crippen LogP contribution in [0.25, 0.3) is 0 Å². The fourth-order valence-electron chi connectivity index (χ4n) is 3.53. The van der Waals surface area contributed by atoms with Gasteiger partial charge in [-0.2, -0.15) is 0 Å². The highest BCUT2D eigenvalue weighted by Gasteiger charge is 2.27. The molecule has 0 bridgehead atoms. The Morgan fingerprint density at radius 3 is 2.15 bits per heavy atom. The van der Waals surface area contributed by atoms with Gasteiger partial charge in [0.2, 0.25) is 5.91 Å². The van der Waals surface area contributed by atoms with Crippen LogP contribution in [0.1, 0.15) is 27.8 Å². The number of sulfonamides is 1. The van der Waals surface area contributed by atoms with E-state index in [1.807, 2.05) is 58.9 Å². The van der Waals surface area contributed by atoms with Crippen LogP contribution in [0, 0.1) is 34.6 Å². The second-order valence-corrected chi connectivity index (χ2v) is 10.4. The molecule has 0 heterocycles. The molecule has 1 N–H and O–H groups in total. The number of nitrogens with one attached hydrogen (secondary N) is 1. The smallest absolute Gasteiger partial charge is 0.264 e. The van der Waals surface area contributed by atoms with Crippen molar-refractivity contribution in [2.45, 2.75) is 39.5 Å². The number of amides is 1. The molecule has 180 valence electrons. The molecule has 6 nitrogen and oxygen atoms in total. The molecular weight excluding hydrogens is 448 g/mol. The van der Waals surface area contributed by atoms with E-state index in [9.17, 15) is 13.2 Å². The quantitative estimate of drug-likeness (QED) is 0.454. The summed E-state index contributed by atoms with van der Waals surface area (Å²) in [7, 11) is -3.94. The Labute approximate surface area is 202 Å². The molecule has 0 aromatic heterocycles. The molecular formula is C27H32N2O4S. The fourth-order valence-corrected chi connectivity index (χ4v) is 4.95. The van der Waals surface area contributed by atoms with Gasteiger partial charge in [0.1, 0.15) is 18.9 Å². The van der Waals surface area contributed by atoms with Gasteiger partial charge in [-0.05, 0) is 81.6 Å². The van der Waals surface area contributed by atoms with Crippen molar-refractivity contribution in [1.82, 2.24) is 5.32 Å². The molecule has 0 saturated carbocycles. The zero-order chi connectivity index (χ0) is 24.9. The number of anilines is 1. The Morgan fingerprint density at radius 1 is 0.824 bits per heavy atom. The highest BCUT2D eigenvalue weighted by molar-refractivity contribution is 7.92. The van der Waals surface area contributed by atoms with Crippen LogP contribution in [0.2, 0.25) is 0 Å². The van der Waals surface area contributed by atoms with Gasteiger partial charge < -0.3 is 10.1 Å². The van der Waals surface area contributed by atoms with Gasteiger partial charge in [0.25, 0.3) is 10.0 Å². The van der Waals surface area contributed by atoms with Crippen molar-refractivity contribution in [1.29, 1.82) is 0 Å². The monoisotopic (exact) mass is 480 g/mol. The molecule has 0 aliphatic carbocycles. The molecule has 34 heavy (non-hydrogen) atoms. The molecule has 0 radical (unpaired) electrons. The minimum Gasteiger partial charge on any atom is -0.491 e. The third-order valence-electron chi connectivity index (χ3n) is 5.69. The SMILES string of the molecule is Cc1ccc(S(=O)(=O)N(CC(=O)NCCOc2ccc(C)cc2C)c2ccc(C)c(C)c2)cc1. The second-order valence-electron chi connectivity index (χ2n) is 8.56. The van der Waals surface area contributed by atoms with Gasteiger partial charge in [0.15, 0.2) is 0 Å². The first kappa shape index (κ1) is 25.3. The lowest BCUT2D eigenvalue weighted by Gasteiger charge is -2.25. The van der Waals surface area contributed by atoms with Gasteiger partial charge in [-0.3, -0.25) is 9.10 Å². The van der Waals surface area contributed by atoms with E-state index in [-0.39, 0.29) is 24.6 Å². The molecule has 1 amide bonds. The van der Waals surface area contributed by atoms with Gasteiger partial charge in [0, 0.05) is 0 Å². The van der Waals surface area contributed by atoms with Crippen LogP contribution in [0.4, 0.5) is 5.69 Å². The average Bonchev–Trinajstić information content (AvgIpc) is 2.78. The molecule has 3 aromatic carbocycles. The molecule has 3 rings (SSSR count). The maximum Gasteiger partial charge on any atom is 0.264 e. The molecule has 0 fully saturated rings. The van der Waals surface area contributed by atoms with Gasteiger partial charge in [0.05, 0.1) is 17.1 Å². The summed E-state index contributed by atoms with van der Waals surface area (Å²) in [5.41, 5.74) is 5.58. The zero-order valence-electron chi connectivity index (χ0n) is 20.4. The maximum atomic E-state index is 13.5. The average molecular weight is 481 g/mol.